The van der Waals surface area contributed by atoms with Crippen LogP contribution in [-0.2, 0) is 13.1 Å². The van der Waals surface area contributed by atoms with Crippen molar-refractivity contribution in [1.29, 1.82) is 0 Å². The van der Waals surface area contributed by atoms with Crippen LogP contribution in [0, 0.1) is 0 Å². The van der Waals surface area contributed by atoms with E-state index in [1.807, 2.05) is 12.1 Å². The Morgan fingerprint density at radius 2 is 1.87 bits per heavy atom. The third-order valence-electron chi connectivity index (χ3n) is 5.52. The van der Waals surface area contributed by atoms with E-state index in [1.54, 1.807) is 7.05 Å². The first-order valence-corrected chi connectivity index (χ1v) is 10.9. The van der Waals surface area contributed by atoms with Crippen molar-refractivity contribution in [2.45, 2.75) is 32.0 Å². The summed E-state index contributed by atoms with van der Waals surface area (Å²) in [5.41, 5.74) is 2.41. The maximum absolute atomic E-state index is 6.34. The minimum Gasteiger partial charge on any atom is -0.486 e. The summed E-state index contributed by atoms with van der Waals surface area (Å²) in [6.07, 6.45) is 2.20. The van der Waals surface area contributed by atoms with Gasteiger partial charge in [0.1, 0.15) is 13.2 Å². The van der Waals surface area contributed by atoms with Crippen LogP contribution in [0.5, 0.6) is 11.5 Å². The van der Waals surface area contributed by atoms with Gasteiger partial charge in [-0.2, -0.15) is 0 Å². The Kier molecular flexibility index (Phi) is 6.97. The predicted octanol–water partition coefficient (Wildman–Crippen LogP) is 3.44. The number of rotatable bonds is 5. The highest BCUT2D eigenvalue weighted by Gasteiger charge is 2.20. The van der Waals surface area contributed by atoms with Crippen LogP contribution in [0.15, 0.2) is 47.5 Å². The first kappa shape index (κ1) is 20.8. The number of hydrogen-bond acceptors (Lipinski definition) is 4. The van der Waals surface area contributed by atoms with Crippen LogP contribution in [0.25, 0.3) is 0 Å². The highest BCUT2D eigenvalue weighted by atomic mass is 35.5. The van der Waals surface area contributed by atoms with Crippen molar-refractivity contribution in [3.05, 3.63) is 58.6 Å². The molecule has 2 aliphatic heterocycles. The second-order valence-corrected chi connectivity index (χ2v) is 8.12. The van der Waals surface area contributed by atoms with Crippen molar-refractivity contribution in [2.75, 3.05) is 33.4 Å². The maximum atomic E-state index is 6.34. The molecule has 2 aromatic carbocycles. The molecule has 0 aromatic heterocycles. The zero-order chi connectivity index (χ0) is 20.8. The lowest BCUT2D eigenvalue weighted by atomic mass is 10.0. The molecule has 0 unspecified atom stereocenters. The second kappa shape index (κ2) is 10.0. The molecule has 0 radical (unpaired) electrons. The third kappa shape index (κ3) is 5.37. The molecule has 0 atom stereocenters. The smallest absolute Gasteiger partial charge is 0.191 e. The van der Waals surface area contributed by atoms with Crippen molar-refractivity contribution in [3.8, 4) is 11.5 Å². The minimum atomic E-state index is 0.423. The van der Waals surface area contributed by atoms with Gasteiger partial charge in [0, 0.05) is 39.3 Å². The highest BCUT2D eigenvalue weighted by molar-refractivity contribution is 6.32. The fourth-order valence-corrected chi connectivity index (χ4v) is 4.20. The summed E-state index contributed by atoms with van der Waals surface area (Å²) in [4.78, 5) is 6.90. The fraction of sp³-hybridized carbons (Fsp3) is 0.435. The molecule has 0 bridgehead atoms. The lowest BCUT2D eigenvalue weighted by Crippen LogP contribution is -2.48. The van der Waals surface area contributed by atoms with E-state index in [-0.39, 0.29) is 0 Å². The van der Waals surface area contributed by atoms with Crippen molar-refractivity contribution in [1.82, 2.24) is 15.5 Å². The highest BCUT2D eigenvalue weighted by Crippen LogP contribution is 2.38. The number of likely N-dealkylation sites (tertiary alicyclic amines) is 1. The number of nitrogens with zero attached hydrogens (tertiary/aromatic N) is 2. The summed E-state index contributed by atoms with van der Waals surface area (Å²) in [7, 11) is 1.80. The van der Waals surface area contributed by atoms with Gasteiger partial charge in [-0.15, -0.1) is 0 Å². The van der Waals surface area contributed by atoms with Gasteiger partial charge in [0.2, 0.25) is 0 Å². The molecule has 0 aliphatic carbocycles. The fourth-order valence-electron chi connectivity index (χ4n) is 3.92. The van der Waals surface area contributed by atoms with Gasteiger partial charge in [-0.25, -0.2) is 0 Å². The van der Waals surface area contributed by atoms with Crippen LogP contribution in [0.3, 0.4) is 0 Å². The summed E-state index contributed by atoms with van der Waals surface area (Å²) in [6.45, 7) is 4.88. The van der Waals surface area contributed by atoms with Gasteiger partial charge in [-0.05, 0) is 36.1 Å². The van der Waals surface area contributed by atoms with Crippen LogP contribution in [-0.4, -0.2) is 50.3 Å². The molecule has 1 fully saturated rings. The van der Waals surface area contributed by atoms with Gasteiger partial charge in [-0.3, -0.25) is 9.89 Å². The van der Waals surface area contributed by atoms with Gasteiger partial charge in [-0.1, -0.05) is 41.9 Å². The van der Waals surface area contributed by atoms with E-state index in [0.717, 1.165) is 44.0 Å². The molecule has 2 heterocycles. The predicted molar refractivity (Wildman–Crippen MR) is 121 cm³/mol. The Bertz CT molecular complexity index is 867. The molecular weight excluding hydrogens is 400 g/mol. The lowest BCUT2D eigenvalue weighted by Gasteiger charge is -2.33. The molecule has 0 amide bonds. The molecule has 2 N–H and O–H groups in total. The van der Waals surface area contributed by atoms with E-state index in [2.05, 4.69) is 50.9 Å². The first-order chi connectivity index (χ1) is 14.7. The molecule has 2 aliphatic rings. The number of aliphatic imine (C=N–C) groups is 1. The first-order valence-electron chi connectivity index (χ1n) is 10.5. The average Bonchev–Trinajstić information content (AvgIpc) is 2.78. The van der Waals surface area contributed by atoms with Crippen LogP contribution >= 0.6 is 11.6 Å². The molecule has 160 valence electrons. The number of hydrogen-bond donors (Lipinski definition) is 2. The van der Waals surface area contributed by atoms with Crippen LogP contribution in [0.4, 0.5) is 0 Å². The molecular formula is C23H29ClN4O2. The SMILES string of the molecule is CN=C(NCc1cc(Cl)c2c(c1)OCCO2)NC1CCN(Cc2ccccc2)CC1. The average molecular weight is 429 g/mol. The number of halogens is 1. The summed E-state index contributed by atoms with van der Waals surface area (Å²) >= 11 is 6.34. The lowest BCUT2D eigenvalue weighted by molar-refractivity contribution is 0.171. The van der Waals surface area contributed by atoms with E-state index < -0.39 is 0 Å². The molecule has 30 heavy (non-hydrogen) atoms. The third-order valence-corrected chi connectivity index (χ3v) is 5.80. The van der Waals surface area contributed by atoms with Crippen molar-refractivity contribution in [3.63, 3.8) is 0 Å². The Labute approximate surface area is 183 Å². The van der Waals surface area contributed by atoms with E-state index in [0.29, 0.717) is 42.3 Å². The largest absolute Gasteiger partial charge is 0.486 e. The number of guanidine groups is 1. The Morgan fingerprint density at radius 1 is 1.10 bits per heavy atom. The summed E-state index contributed by atoms with van der Waals surface area (Å²) in [6, 6.07) is 15.0. The summed E-state index contributed by atoms with van der Waals surface area (Å²) in [5, 5.41) is 7.53. The van der Waals surface area contributed by atoms with Crippen LogP contribution < -0.4 is 20.1 Å². The van der Waals surface area contributed by atoms with E-state index >= 15 is 0 Å². The Hall–Kier alpha value is -2.44. The number of nitrogens with one attached hydrogen (secondary N) is 2. The second-order valence-electron chi connectivity index (χ2n) is 7.71. The van der Waals surface area contributed by atoms with Crippen LogP contribution in [0.1, 0.15) is 24.0 Å². The van der Waals surface area contributed by atoms with Crippen molar-refractivity contribution >= 4 is 17.6 Å². The molecule has 7 heteroatoms. The minimum absolute atomic E-state index is 0.423. The van der Waals surface area contributed by atoms with E-state index in [1.165, 1.54) is 5.56 Å². The van der Waals surface area contributed by atoms with Gasteiger partial charge in [0.15, 0.2) is 17.5 Å². The zero-order valence-corrected chi connectivity index (χ0v) is 18.1. The van der Waals surface area contributed by atoms with Crippen LogP contribution in [0.2, 0.25) is 5.02 Å². The molecule has 0 saturated carbocycles. The van der Waals surface area contributed by atoms with Gasteiger partial charge in [0.25, 0.3) is 0 Å². The summed E-state index contributed by atoms with van der Waals surface area (Å²) in [5.74, 6) is 2.15. The number of benzene rings is 2. The quantitative estimate of drug-likeness (QED) is 0.564. The van der Waals surface area contributed by atoms with Gasteiger partial charge in [0.05, 0.1) is 5.02 Å². The van der Waals surface area contributed by atoms with E-state index in [9.17, 15) is 0 Å². The number of piperidine rings is 1. The van der Waals surface area contributed by atoms with Crippen molar-refractivity contribution < 1.29 is 9.47 Å². The number of fused-ring (bicyclic) bond motifs is 1. The monoisotopic (exact) mass is 428 g/mol. The van der Waals surface area contributed by atoms with Gasteiger partial charge >= 0.3 is 0 Å². The molecule has 4 rings (SSSR count). The Balaban J connectivity index is 1.25. The standard InChI is InChI=1S/C23H29ClN4O2/c1-25-23(26-15-18-13-20(24)22-21(14-18)29-11-12-30-22)27-19-7-9-28(10-8-19)16-17-5-3-2-4-6-17/h2-6,13-14,19H,7-12,15-16H2,1H3,(H2,25,26,27). The summed E-state index contributed by atoms with van der Waals surface area (Å²) < 4.78 is 11.2. The molecule has 0 spiro atoms. The molecule has 6 nitrogen and oxygen atoms in total. The van der Waals surface area contributed by atoms with E-state index in [4.69, 9.17) is 21.1 Å². The Morgan fingerprint density at radius 3 is 2.63 bits per heavy atom. The topological polar surface area (TPSA) is 58.1 Å². The zero-order valence-electron chi connectivity index (χ0n) is 17.4. The molecule has 2 aromatic rings. The van der Waals surface area contributed by atoms with Gasteiger partial charge < -0.3 is 20.1 Å². The molecule has 1 saturated heterocycles. The van der Waals surface area contributed by atoms with Crippen molar-refractivity contribution in [2.24, 2.45) is 4.99 Å². The normalized spacial score (nSPS) is 17.6. The maximum Gasteiger partial charge on any atom is 0.191 e. The number of ether oxygens (including phenoxy) is 2.